The van der Waals surface area contributed by atoms with Crippen molar-refractivity contribution in [3.63, 3.8) is 0 Å². The molecule has 0 saturated heterocycles. The van der Waals surface area contributed by atoms with Crippen LogP contribution in [-0.2, 0) is 21.2 Å². The third-order valence-corrected chi connectivity index (χ3v) is 7.70. The van der Waals surface area contributed by atoms with E-state index in [2.05, 4.69) is 5.32 Å². The molecular formula is C27H32N2O5S. The topological polar surface area (TPSA) is 84.9 Å². The van der Waals surface area contributed by atoms with E-state index in [1.54, 1.807) is 50.6 Å². The van der Waals surface area contributed by atoms with E-state index in [9.17, 15) is 13.2 Å². The molecule has 0 bridgehead atoms. The van der Waals surface area contributed by atoms with Crippen LogP contribution in [0.15, 0.2) is 65.6 Å². The van der Waals surface area contributed by atoms with E-state index in [1.807, 2.05) is 45.0 Å². The summed E-state index contributed by atoms with van der Waals surface area (Å²) in [7, 11) is -0.814. The molecule has 0 saturated carbocycles. The lowest BCUT2D eigenvalue weighted by atomic mass is 10.1. The Morgan fingerprint density at radius 3 is 2.26 bits per heavy atom. The monoisotopic (exact) mass is 496 g/mol. The second-order valence-corrected chi connectivity index (χ2v) is 10.2. The van der Waals surface area contributed by atoms with Gasteiger partial charge in [-0.05, 0) is 74.2 Å². The van der Waals surface area contributed by atoms with Gasteiger partial charge in [-0.1, -0.05) is 35.9 Å². The van der Waals surface area contributed by atoms with E-state index in [0.717, 1.165) is 22.3 Å². The highest BCUT2D eigenvalue weighted by Gasteiger charge is 2.28. The highest BCUT2D eigenvalue weighted by Crippen LogP contribution is 2.29. The van der Waals surface area contributed by atoms with Crippen molar-refractivity contribution < 1.29 is 22.7 Å². The number of hydrogen-bond acceptors (Lipinski definition) is 5. The lowest BCUT2D eigenvalue weighted by Gasteiger charge is -2.26. The van der Waals surface area contributed by atoms with Crippen molar-refractivity contribution in [3.05, 3.63) is 82.9 Å². The van der Waals surface area contributed by atoms with E-state index in [1.165, 1.54) is 4.31 Å². The van der Waals surface area contributed by atoms with Gasteiger partial charge in [0.1, 0.15) is 6.54 Å². The Balaban J connectivity index is 1.79. The Morgan fingerprint density at radius 1 is 0.914 bits per heavy atom. The van der Waals surface area contributed by atoms with Crippen molar-refractivity contribution in [2.24, 2.45) is 0 Å². The summed E-state index contributed by atoms with van der Waals surface area (Å²) >= 11 is 0. The minimum absolute atomic E-state index is 0.141. The first-order valence-corrected chi connectivity index (χ1v) is 12.7. The molecule has 0 heterocycles. The van der Waals surface area contributed by atoms with Crippen LogP contribution in [0, 0.1) is 20.8 Å². The highest BCUT2D eigenvalue weighted by atomic mass is 32.2. The molecule has 1 N–H and O–H groups in total. The number of amides is 1. The van der Waals surface area contributed by atoms with Crippen molar-refractivity contribution >= 4 is 21.6 Å². The Labute approximate surface area is 207 Å². The standard InChI is InChI=1S/C27H32N2O5S/c1-19-9-12-23(13-10-19)35(31,32)29(24-8-6-7-20(2)21(24)3)18-27(30)28-16-15-22-11-14-25(33-4)26(17-22)34-5/h6-14,17H,15-16,18H2,1-5H3,(H,28,30). The molecule has 0 fully saturated rings. The first kappa shape index (κ1) is 26.1. The van der Waals surface area contributed by atoms with E-state index in [0.29, 0.717) is 30.2 Å². The van der Waals surface area contributed by atoms with Crippen LogP contribution in [0.4, 0.5) is 5.69 Å². The quantitative estimate of drug-likeness (QED) is 0.455. The molecule has 0 aliphatic heterocycles. The number of ether oxygens (including phenoxy) is 2. The molecule has 8 heteroatoms. The molecule has 7 nitrogen and oxygen atoms in total. The fourth-order valence-corrected chi connectivity index (χ4v) is 5.19. The number of carbonyl (C=O) groups is 1. The normalized spacial score (nSPS) is 11.1. The molecule has 0 unspecified atom stereocenters. The molecule has 0 aliphatic carbocycles. The molecule has 3 aromatic carbocycles. The number of benzene rings is 3. The van der Waals surface area contributed by atoms with E-state index in [-0.39, 0.29) is 17.3 Å². The summed E-state index contributed by atoms with van der Waals surface area (Å²) in [6, 6.07) is 17.6. The summed E-state index contributed by atoms with van der Waals surface area (Å²) in [6.45, 7) is 5.69. The fourth-order valence-electron chi connectivity index (χ4n) is 3.71. The maximum Gasteiger partial charge on any atom is 0.264 e. The maximum atomic E-state index is 13.6. The SMILES string of the molecule is COc1ccc(CCNC(=O)CN(c2cccc(C)c2C)S(=O)(=O)c2ccc(C)cc2)cc1OC. The van der Waals surface area contributed by atoms with Crippen LogP contribution in [0.1, 0.15) is 22.3 Å². The number of rotatable bonds is 10. The maximum absolute atomic E-state index is 13.6. The number of hydrogen-bond donors (Lipinski definition) is 1. The summed E-state index contributed by atoms with van der Waals surface area (Å²) in [5.74, 6) is 0.856. The van der Waals surface area contributed by atoms with Gasteiger partial charge in [0.15, 0.2) is 11.5 Å². The molecule has 186 valence electrons. The summed E-state index contributed by atoms with van der Waals surface area (Å²) in [5.41, 5.74) is 4.15. The van der Waals surface area contributed by atoms with Gasteiger partial charge in [-0.15, -0.1) is 0 Å². The molecule has 3 rings (SSSR count). The van der Waals surface area contributed by atoms with Crippen LogP contribution in [0.3, 0.4) is 0 Å². The van der Waals surface area contributed by atoms with Crippen molar-refractivity contribution in [1.29, 1.82) is 0 Å². The van der Waals surface area contributed by atoms with Crippen LogP contribution in [-0.4, -0.2) is 41.6 Å². The number of carbonyl (C=O) groups excluding carboxylic acids is 1. The zero-order valence-corrected chi connectivity index (χ0v) is 21.6. The van der Waals surface area contributed by atoms with Gasteiger partial charge in [-0.3, -0.25) is 9.10 Å². The molecular weight excluding hydrogens is 464 g/mol. The Hall–Kier alpha value is -3.52. The third kappa shape index (κ3) is 6.14. The Kier molecular flexibility index (Phi) is 8.40. The molecule has 1 amide bonds. The second kappa shape index (κ2) is 11.3. The molecule has 0 radical (unpaired) electrons. The van der Waals surface area contributed by atoms with Crippen LogP contribution in [0.2, 0.25) is 0 Å². The van der Waals surface area contributed by atoms with Crippen molar-refractivity contribution in [2.45, 2.75) is 32.1 Å². The Bertz CT molecular complexity index is 1290. The average molecular weight is 497 g/mol. The molecule has 35 heavy (non-hydrogen) atoms. The second-order valence-electron chi connectivity index (χ2n) is 8.33. The van der Waals surface area contributed by atoms with Crippen LogP contribution in [0.5, 0.6) is 11.5 Å². The number of anilines is 1. The minimum Gasteiger partial charge on any atom is -0.493 e. The zero-order valence-electron chi connectivity index (χ0n) is 20.8. The van der Waals surface area contributed by atoms with Crippen LogP contribution < -0.4 is 19.1 Å². The summed E-state index contributed by atoms with van der Waals surface area (Å²) < 4.78 is 38.9. The zero-order chi connectivity index (χ0) is 25.6. The van der Waals surface area contributed by atoms with E-state index in [4.69, 9.17) is 9.47 Å². The third-order valence-electron chi connectivity index (χ3n) is 5.92. The largest absolute Gasteiger partial charge is 0.493 e. The summed E-state index contributed by atoms with van der Waals surface area (Å²) in [5, 5.41) is 2.85. The summed E-state index contributed by atoms with van der Waals surface area (Å²) in [4.78, 5) is 13.0. The first-order valence-electron chi connectivity index (χ1n) is 11.3. The van der Waals surface area contributed by atoms with Crippen molar-refractivity contribution in [1.82, 2.24) is 5.32 Å². The predicted molar refractivity (Wildman–Crippen MR) is 138 cm³/mol. The van der Waals surface area contributed by atoms with Gasteiger partial charge in [0, 0.05) is 6.54 Å². The molecule has 0 aromatic heterocycles. The van der Waals surface area contributed by atoms with Gasteiger partial charge in [0.05, 0.1) is 24.8 Å². The molecule has 0 spiro atoms. The number of nitrogens with zero attached hydrogens (tertiary/aromatic N) is 1. The van der Waals surface area contributed by atoms with Crippen molar-refractivity contribution in [3.8, 4) is 11.5 Å². The van der Waals surface area contributed by atoms with Crippen LogP contribution >= 0.6 is 0 Å². The highest BCUT2D eigenvalue weighted by molar-refractivity contribution is 7.92. The van der Waals surface area contributed by atoms with Gasteiger partial charge in [-0.2, -0.15) is 0 Å². The van der Waals surface area contributed by atoms with E-state index >= 15 is 0 Å². The molecule has 3 aromatic rings. The van der Waals surface area contributed by atoms with E-state index < -0.39 is 10.0 Å². The van der Waals surface area contributed by atoms with Crippen LogP contribution in [0.25, 0.3) is 0 Å². The lowest BCUT2D eigenvalue weighted by molar-refractivity contribution is -0.119. The Morgan fingerprint density at radius 2 is 1.60 bits per heavy atom. The lowest BCUT2D eigenvalue weighted by Crippen LogP contribution is -2.41. The van der Waals surface area contributed by atoms with Gasteiger partial charge < -0.3 is 14.8 Å². The average Bonchev–Trinajstić information content (AvgIpc) is 2.84. The van der Waals surface area contributed by atoms with Gasteiger partial charge in [0.25, 0.3) is 10.0 Å². The number of methoxy groups -OCH3 is 2. The van der Waals surface area contributed by atoms with Gasteiger partial charge in [0.2, 0.25) is 5.91 Å². The summed E-state index contributed by atoms with van der Waals surface area (Å²) in [6.07, 6.45) is 0.556. The smallest absolute Gasteiger partial charge is 0.264 e. The number of sulfonamides is 1. The predicted octanol–water partition coefficient (Wildman–Crippen LogP) is 4.18. The molecule has 0 aliphatic rings. The van der Waals surface area contributed by atoms with Gasteiger partial charge in [-0.25, -0.2) is 8.42 Å². The minimum atomic E-state index is -3.96. The number of nitrogens with one attached hydrogen (secondary N) is 1. The number of aryl methyl sites for hydroxylation is 2. The molecule has 0 atom stereocenters. The first-order chi connectivity index (χ1) is 16.7. The van der Waals surface area contributed by atoms with Crippen molar-refractivity contribution in [2.75, 3.05) is 31.6 Å². The fraction of sp³-hybridized carbons (Fsp3) is 0.296. The van der Waals surface area contributed by atoms with Gasteiger partial charge >= 0.3 is 0 Å².